The highest BCUT2D eigenvalue weighted by molar-refractivity contribution is 6.14. The molecule has 0 spiro atoms. The van der Waals surface area contributed by atoms with Gasteiger partial charge in [0.25, 0.3) is 0 Å². The van der Waals surface area contributed by atoms with Gasteiger partial charge in [-0.05, 0) is 104 Å². The van der Waals surface area contributed by atoms with Gasteiger partial charge >= 0.3 is 0 Å². The van der Waals surface area contributed by atoms with E-state index in [1.165, 1.54) is 71.9 Å². The molecule has 0 fully saturated rings. The van der Waals surface area contributed by atoms with Crippen LogP contribution in [0.25, 0.3) is 32.7 Å². The summed E-state index contributed by atoms with van der Waals surface area (Å²) in [5.41, 5.74) is 14.5. The predicted molar refractivity (Wildman–Crippen MR) is 247 cm³/mol. The maximum Gasteiger partial charge on any atom is 0.0713 e. The number of hydrogen-bond donors (Lipinski definition) is 0. The first-order valence-corrected chi connectivity index (χ1v) is 20.7. The van der Waals surface area contributed by atoms with Crippen LogP contribution in [0.4, 0.5) is 28.4 Å². The standard InChI is InChI=1S/C57H40N2/c1-2-17-40(18-3-1)57(52-26-12-8-21-47(52)48-22-9-13-27-53(48)57)41-30-32-42(33-31-41)58(56-38-39-16-4-5-19-45(39)46-20-6-7-23-49(46)56)43-34-36-44(37-35-43)59-54-28-14-10-24-50(54)51-25-11-15-29-55(51)59/h1-38,50,54H. The molecule has 9 aromatic rings. The third-order valence-electron chi connectivity index (χ3n) is 13.1. The van der Waals surface area contributed by atoms with Crippen molar-refractivity contribution in [1.82, 2.24) is 0 Å². The highest BCUT2D eigenvalue weighted by atomic mass is 15.2. The molecule has 0 bridgehead atoms. The van der Waals surface area contributed by atoms with Crippen molar-refractivity contribution in [3.05, 3.63) is 258 Å². The third-order valence-corrected chi connectivity index (χ3v) is 13.1. The number of rotatable bonds is 6. The molecule has 2 aliphatic carbocycles. The van der Waals surface area contributed by atoms with E-state index in [-0.39, 0.29) is 6.04 Å². The maximum atomic E-state index is 2.51. The Balaban J connectivity index is 1.04. The summed E-state index contributed by atoms with van der Waals surface area (Å²) in [4.78, 5) is 4.96. The van der Waals surface area contributed by atoms with Crippen LogP contribution in [0.3, 0.4) is 0 Å². The van der Waals surface area contributed by atoms with Gasteiger partial charge in [0, 0.05) is 34.1 Å². The number of para-hydroxylation sites is 1. The van der Waals surface area contributed by atoms with Crippen LogP contribution >= 0.6 is 0 Å². The zero-order valence-electron chi connectivity index (χ0n) is 32.5. The Labute approximate surface area is 345 Å². The van der Waals surface area contributed by atoms with Crippen molar-refractivity contribution in [3.63, 3.8) is 0 Å². The molecule has 0 amide bonds. The number of hydrogen-bond acceptors (Lipinski definition) is 2. The first-order valence-electron chi connectivity index (χ1n) is 20.7. The Hall–Kier alpha value is -7.42. The Morgan fingerprint density at radius 1 is 0.441 bits per heavy atom. The van der Waals surface area contributed by atoms with Crippen LogP contribution in [0.5, 0.6) is 0 Å². The van der Waals surface area contributed by atoms with E-state index in [1.54, 1.807) is 0 Å². The molecule has 2 nitrogen and oxygen atoms in total. The molecule has 1 heterocycles. The summed E-state index contributed by atoms with van der Waals surface area (Å²) in [6, 6.07) is 76.7. The summed E-state index contributed by atoms with van der Waals surface area (Å²) in [5.74, 6) is 0.341. The highest BCUT2D eigenvalue weighted by Crippen LogP contribution is 2.56. The van der Waals surface area contributed by atoms with Crippen LogP contribution in [-0.4, -0.2) is 6.04 Å². The van der Waals surface area contributed by atoms with E-state index < -0.39 is 5.41 Å². The Bertz CT molecular complexity index is 3080. The average molecular weight is 753 g/mol. The number of fused-ring (bicyclic) bond motifs is 9. The quantitative estimate of drug-likeness (QED) is 0.156. The molecule has 0 aromatic heterocycles. The minimum Gasteiger partial charge on any atom is -0.333 e. The molecule has 0 saturated carbocycles. The van der Waals surface area contributed by atoms with Crippen LogP contribution in [0.15, 0.2) is 231 Å². The minimum atomic E-state index is -0.457. The van der Waals surface area contributed by atoms with Gasteiger partial charge in [-0.1, -0.05) is 182 Å². The second-order valence-corrected chi connectivity index (χ2v) is 16.0. The second-order valence-electron chi connectivity index (χ2n) is 16.0. The highest BCUT2D eigenvalue weighted by Gasteiger charge is 2.46. The van der Waals surface area contributed by atoms with Gasteiger partial charge in [-0.15, -0.1) is 0 Å². The molecule has 1 aliphatic heterocycles. The number of anilines is 5. The van der Waals surface area contributed by atoms with E-state index in [2.05, 4.69) is 240 Å². The molecule has 3 aliphatic rings. The number of nitrogens with zero attached hydrogens (tertiary/aromatic N) is 2. The summed E-state index contributed by atoms with van der Waals surface area (Å²) >= 11 is 0. The Kier molecular flexibility index (Phi) is 7.61. The Morgan fingerprint density at radius 2 is 1.00 bits per heavy atom. The summed E-state index contributed by atoms with van der Waals surface area (Å²) in [6.07, 6.45) is 9.07. The average Bonchev–Trinajstić information content (AvgIpc) is 3.81. The predicted octanol–water partition coefficient (Wildman–Crippen LogP) is 14.6. The first kappa shape index (κ1) is 33.7. The lowest BCUT2D eigenvalue weighted by Crippen LogP contribution is -2.28. The normalized spacial score (nSPS) is 16.8. The van der Waals surface area contributed by atoms with Gasteiger partial charge in [0.05, 0.1) is 17.1 Å². The van der Waals surface area contributed by atoms with Gasteiger partial charge in [-0.3, -0.25) is 0 Å². The van der Waals surface area contributed by atoms with Gasteiger partial charge < -0.3 is 9.80 Å². The third kappa shape index (κ3) is 5.00. The molecule has 0 N–H and O–H groups in total. The van der Waals surface area contributed by atoms with Gasteiger partial charge in [0.2, 0.25) is 0 Å². The molecule has 278 valence electrons. The zero-order valence-corrected chi connectivity index (χ0v) is 32.5. The maximum absolute atomic E-state index is 2.51. The van der Waals surface area contributed by atoms with Crippen LogP contribution in [0.2, 0.25) is 0 Å². The lowest BCUT2D eigenvalue weighted by molar-refractivity contribution is 0.745. The summed E-state index contributed by atoms with van der Waals surface area (Å²) in [5, 5.41) is 4.95. The first-order chi connectivity index (χ1) is 29.3. The van der Waals surface area contributed by atoms with E-state index in [0.29, 0.717) is 5.92 Å². The summed E-state index contributed by atoms with van der Waals surface area (Å²) in [7, 11) is 0. The number of allylic oxidation sites excluding steroid dienone is 2. The largest absolute Gasteiger partial charge is 0.333 e. The molecular weight excluding hydrogens is 713 g/mol. The second kappa shape index (κ2) is 13.3. The Morgan fingerprint density at radius 3 is 1.75 bits per heavy atom. The van der Waals surface area contributed by atoms with E-state index in [1.807, 2.05) is 0 Å². The van der Waals surface area contributed by atoms with Crippen molar-refractivity contribution in [2.45, 2.75) is 17.4 Å². The van der Waals surface area contributed by atoms with E-state index in [9.17, 15) is 0 Å². The van der Waals surface area contributed by atoms with Crippen molar-refractivity contribution in [2.24, 2.45) is 0 Å². The van der Waals surface area contributed by atoms with Gasteiger partial charge in [-0.25, -0.2) is 0 Å². The molecule has 9 aromatic carbocycles. The molecular formula is C57H40N2. The van der Waals surface area contributed by atoms with Crippen LogP contribution in [0.1, 0.15) is 33.7 Å². The fourth-order valence-electron chi connectivity index (χ4n) is 10.6. The molecule has 2 atom stereocenters. The fourth-order valence-corrected chi connectivity index (χ4v) is 10.6. The topological polar surface area (TPSA) is 6.48 Å². The van der Waals surface area contributed by atoms with E-state index >= 15 is 0 Å². The van der Waals surface area contributed by atoms with Gasteiger partial charge in [0.15, 0.2) is 0 Å². The molecule has 2 unspecified atom stereocenters. The van der Waals surface area contributed by atoms with E-state index in [0.717, 1.165) is 17.1 Å². The van der Waals surface area contributed by atoms with Crippen molar-refractivity contribution in [2.75, 3.05) is 9.80 Å². The zero-order chi connectivity index (χ0) is 38.9. The molecule has 2 heteroatoms. The van der Waals surface area contributed by atoms with Crippen LogP contribution < -0.4 is 9.80 Å². The van der Waals surface area contributed by atoms with Crippen molar-refractivity contribution in [3.8, 4) is 11.1 Å². The minimum absolute atomic E-state index is 0.249. The fraction of sp³-hybridized carbons (Fsp3) is 0.0526. The van der Waals surface area contributed by atoms with Crippen molar-refractivity contribution >= 4 is 50.0 Å². The lowest BCUT2D eigenvalue weighted by atomic mass is 9.68. The molecule has 59 heavy (non-hydrogen) atoms. The van der Waals surface area contributed by atoms with Crippen molar-refractivity contribution in [1.29, 1.82) is 0 Å². The SMILES string of the molecule is C1=CC2c3ccccc3N(c3ccc(N(c4ccc(C5(c6ccccc6)c6ccccc6-c6ccccc65)cc4)c4cc5ccccc5c5ccccc45)cc3)C2C=C1. The lowest BCUT2D eigenvalue weighted by Gasteiger charge is -2.34. The smallest absolute Gasteiger partial charge is 0.0713 e. The molecule has 0 saturated heterocycles. The van der Waals surface area contributed by atoms with Gasteiger partial charge in [-0.2, -0.15) is 0 Å². The monoisotopic (exact) mass is 752 g/mol. The molecule has 12 rings (SSSR count). The summed E-state index contributed by atoms with van der Waals surface area (Å²) < 4.78 is 0. The molecule has 0 radical (unpaired) electrons. The van der Waals surface area contributed by atoms with Crippen LogP contribution in [-0.2, 0) is 5.41 Å². The van der Waals surface area contributed by atoms with Crippen LogP contribution in [0, 0.1) is 0 Å². The van der Waals surface area contributed by atoms with Gasteiger partial charge in [0.1, 0.15) is 0 Å². The summed E-state index contributed by atoms with van der Waals surface area (Å²) in [6.45, 7) is 0. The van der Waals surface area contributed by atoms with E-state index in [4.69, 9.17) is 0 Å². The van der Waals surface area contributed by atoms with Crippen molar-refractivity contribution < 1.29 is 0 Å². The number of benzene rings is 9.